The Balaban J connectivity index is 3.27. The largest absolute Gasteiger partial charge is 0.480 e. The van der Waals surface area contributed by atoms with Crippen LogP contribution in [0.4, 0.5) is 5.82 Å². The summed E-state index contributed by atoms with van der Waals surface area (Å²) in [6, 6.07) is 1.60. The molecule has 1 aromatic heterocycles. The molecule has 0 spiro atoms. The lowest BCUT2D eigenvalue weighted by molar-refractivity contribution is 0.0596. The summed E-state index contributed by atoms with van der Waals surface area (Å²) >= 11 is 3.28. The van der Waals surface area contributed by atoms with E-state index in [1.807, 2.05) is 0 Å². The molecule has 0 bridgehead atoms. The highest BCUT2D eigenvalue weighted by atomic mass is 79.9. The molecule has 1 rings (SSSR count). The Bertz CT molecular complexity index is 382. The Morgan fingerprint density at radius 3 is 2.67 bits per heavy atom. The van der Waals surface area contributed by atoms with E-state index in [0.717, 1.165) is 0 Å². The van der Waals surface area contributed by atoms with Gasteiger partial charge in [-0.05, 0) is 22.0 Å². The molecule has 0 saturated carbocycles. The summed E-state index contributed by atoms with van der Waals surface area (Å²) in [5.74, 6) is 0.344. The molecule has 0 unspecified atom stereocenters. The first-order valence-electron chi connectivity index (χ1n) is 4.14. The third-order valence-electron chi connectivity index (χ3n) is 1.78. The number of aromatic nitrogens is 1. The molecule has 1 heterocycles. The minimum atomic E-state index is -0.484. The zero-order chi connectivity index (χ0) is 11.4. The van der Waals surface area contributed by atoms with E-state index in [-0.39, 0.29) is 11.4 Å². The van der Waals surface area contributed by atoms with Gasteiger partial charge in [0.15, 0.2) is 0 Å². The Kier molecular flexibility index (Phi) is 3.90. The highest BCUT2D eigenvalue weighted by Crippen LogP contribution is 2.27. The quantitative estimate of drug-likeness (QED) is 0.850. The summed E-state index contributed by atoms with van der Waals surface area (Å²) < 4.78 is 10.3. The summed E-state index contributed by atoms with van der Waals surface area (Å²) in [6.07, 6.45) is 0. The Labute approximate surface area is 95.9 Å². The van der Waals surface area contributed by atoms with Gasteiger partial charge in [0.2, 0.25) is 5.88 Å². The zero-order valence-electron chi connectivity index (χ0n) is 8.63. The number of carbonyl (C=O) groups is 1. The predicted octanol–water partition coefficient (Wildman–Crippen LogP) is 1.68. The van der Waals surface area contributed by atoms with Crippen molar-refractivity contribution in [1.82, 2.24) is 4.98 Å². The number of rotatable bonds is 3. The molecule has 0 saturated heterocycles. The van der Waals surface area contributed by atoms with Gasteiger partial charge in [-0.25, -0.2) is 4.79 Å². The van der Waals surface area contributed by atoms with Crippen molar-refractivity contribution in [1.29, 1.82) is 0 Å². The lowest BCUT2D eigenvalue weighted by atomic mass is 10.2. The number of methoxy groups -OCH3 is 2. The van der Waals surface area contributed by atoms with Gasteiger partial charge >= 0.3 is 5.97 Å². The van der Waals surface area contributed by atoms with Gasteiger partial charge in [-0.3, -0.25) is 0 Å². The second kappa shape index (κ2) is 4.97. The average molecular weight is 275 g/mol. The summed E-state index contributed by atoms with van der Waals surface area (Å²) in [4.78, 5) is 15.5. The molecule has 1 aromatic rings. The maximum atomic E-state index is 11.4. The van der Waals surface area contributed by atoms with Crippen molar-refractivity contribution in [3.05, 3.63) is 16.1 Å². The predicted molar refractivity (Wildman–Crippen MR) is 59.4 cm³/mol. The van der Waals surface area contributed by atoms with Crippen molar-refractivity contribution in [2.45, 2.75) is 0 Å². The number of anilines is 1. The van der Waals surface area contributed by atoms with Gasteiger partial charge in [0.25, 0.3) is 0 Å². The van der Waals surface area contributed by atoms with Crippen molar-refractivity contribution in [3.8, 4) is 5.88 Å². The van der Waals surface area contributed by atoms with Crippen LogP contribution in [0.3, 0.4) is 0 Å². The Morgan fingerprint density at radius 1 is 1.53 bits per heavy atom. The Hall–Kier alpha value is -1.30. The van der Waals surface area contributed by atoms with Crippen LogP contribution >= 0.6 is 15.9 Å². The summed E-state index contributed by atoms with van der Waals surface area (Å²) in [5.41, 5.74) is 0.283. The minimum absolute atomic E-state index is 0.231. The molecule has 0 amide bonds. The fourth-order valence-electron chi connectivity index (χ4n) is 1.06. The zero-order valence-corrected chi connectivity index (χ0v) is 10.2. The molecule has 0 aromatic carbocycles. The lowest BCUT2D eigenvalue weighted by Gasteiger charge is -2.09. The molecule has 0 aliphatic rings. The molecule has 0 atom stereocenters. The number of nitrogens with zero attached hydrogens (tertiary/aromatic N) is 1. The molecule has 0 fully saturated rings. The fraction of sp³-hybridized carbons (Fsp3) is 0.333. The average Bonchev–Trinajstić information content (AvgIpc) is 2.27. The van der Waals surface area contributed by atoms with E-state index in [2.05, 4.69) is 31.0 Å². The second-order valence-electron chi connectivity index (χ2n) is 2.62. The molecule has 0 aliphatic carbocycles. The summed E-state index contributed by atoms with van der Waals surface area (Å²) in [5, 5.41) is 2.86. The number of carbonyl (C=O) groups excluding carboxylic acids is 1. The van der Waals surface area contributed by atoms with Gasteiger partial charge < -0.3 is 14.8 Å². The molecule has 5 nitrogen and oxygen atoms in total. The standard InChI is InChI=1S/C9H11BrN2O3/c1-11-7-6(10)4-5(9(13)15-3)8(12-7)14-2/h4H,1-3H3,(H,11,12). The van der Waals surface area contributed by atoms with E-state index in [1.54, 1.807) is 13.1 Å². The number of esters is 1. The summed E-state index contributed by atoms with van der Waals surface area (Å²) in [6.45, 7) is 0. The number of ether oxygens (including phenoxy) is 2. The van der Waals surface area contributed by atoms with Crippen molar-refractivity contribution in [2.24, 2.45) is 0 Å². The Morgan fingerprint density at radius 2 is 2.20 bits per heavy atom. The minimum Gasteiger partial charge on any atom is -0.480 e. The molecule has 0 radical (unpaired) electrons. The first-order chi connectivity index (χ1) is 7.13. The van der Waals surface area contributed by atoms with Gasteiger partial charge in [-0.15, -0.1) is 0 Å². The topological polar surface area (TPSA) is 60.5 Å². The number of hydrogen-bond donors (Lipinski definition) is 1. The highest BCUT2D eigenvalue weighted by Gasteiger charge is 2.17. The first-order valence-corrected chi connectivity index (χ1v) is 4.94. The molecule has 6 heteroatoms. The van der Waals surface area contributed by atoms with Crippen LogP contribution in [0.1, 0.15) is 10.4 Å². The van der Waals surface area contributed by atoms with E-state index < -0.39 is 5.97 Å². The van der Waals surface area contributed by atoms with E-state index >= 15 is 0 Å². The van der Waals surface area contributed by atoms with Crippen LogP contribution < -0.4 is 10.1 Å². The van der Waals surface area contributed by atoms with Crippen LogP contribution in [-0.2, 0) is 4.74 Å². The molecule has 0 aliphatic heterocycles. The highest BCUT2D eigenvalue weighted by molar-refractivity contribution is 9.10. The van der Waals surface area contributed by atoms with Gasteiger partial charge in [0.1, 0.15) is 11.4 Å². The second-order valence-corrected chi connectivity index (χ2v) is 3.47. The molecule has 1 N–H and O–H groups in total. The number of pyridine rings is 1. The van der Waals surface area contributed by atoms with Crippen LogP contribution in [0.25, 0.3) is 0 Å². The third-order valence-corrected chi connectivity index (χ3v) is 2.38. The van der Waals surface area contributed by atoms with E-state index in [0.29, 0.717) is 10.3 Å². The molecular weight excluding hydrogens is 264 g/mol. The van der Waals surface area contributed by atoms with Crippen LogP contribution in [0.2, 0.25) is 0 Å². The van der Waals surface area contributed by atoms with E-state index in [9.17, 15) is 4.79 Å². The smallest absolute Gasteiger partial charge is 0.343 e. The monoisotopic (exact) mass is 274 g/mol. The van der Waals surface area contributed by atoms with Crippen LogP contribution in [0.5, 0.6) is 5.88 Å². The van der Waals surface area contributed by atoms with E-state index in [1.165, 1.54) is 14.2 Å². The van der Waals surface area contributed by atoms with Gasteiger partial charge in [-0.2, -0.15) is 4.98 Å². The maximum Gasteiger partial charge on any atom is 0.343 e. The molecule has 82 valence electrons. The normalized spacial score (nSPS) is 9.60. The third kappa shape index (κ3) is 2.38. The van der Waals surface area contributed by atoms with Gasteiger partial charge in [0, 0.05) is 7.05 Å². The number of halogens is 1. The fourth-order valence-corrected chi connectivity index (χ4v) is 1.57. The van der Waals surface area contributed by atoms with Crippen molar-refractivity contribution < 1.29 is 14.3 Å². The van der Waals surface area contributed by atoms with Crippen molar-refractivity contribution >= 4 is 27.7 Å². The van der Waals surface area contributed by atoms with Gasteiger partial charge in [-0.1, -0.05) is 0 Å². The first kappa shape index (κ1) is 11.8. The molecule has 15 heavy (non-hydrogen) atoms. The van der Waals surface area contributed by atoms with Crippen LogP contribution in [-0.4, -0.2) is 32.2 Å². The lowest BCUT2D eigenvalue weighted by Crippen LogP contribution is -2.07. The van der Waals surface area contributed by atoms with Crippen molar-refractivity contribution in [3.63, 3.8) is 0 Å². The van der Waals surface area contributed by atoms with Crippen LogP contribution in [0, 0.1) is 0 Å². The number of nitrogens with one attached hydrogen (secondary N) is 1. The SMILES string of the molecule is CNc1nc(OC)c(C(=O)OC)cc1Br. The summed E-state index contributed by atoms with van der Waals surface area (Å²) in [7, 11) is 4.48. The van der Waals surface area contributed by atoms with E-state index in [4.69, 9.17) is 4.74 Å². The molecular formula is C9H11BrN2O3. The number of hydrogen-bond acceptors (Lipinski definition) is 5. The van der Waals surface area contributed by atoms with Crippen molar-refractivity contribution in [2.75, 3.05) is 26.6 Å². The van der Waals surface area contributed by atoms with Gasteiger partial charge in [0.05, 0.1) is 18.7 Å². The maximum absolute atomic E-state index is 11.4. The van der Waals surface area contributed by atoms with Crippen LogP contribution in [0.15, 0.2) is 10.5 Å².